The maximum atomic E-state index is 8.96. The van der Waals surface area contributed by atoms with Gasteiger partial charge in [-0.1, -0.05) is 32.1 Å². The van der Waals surface area contributed by atoms with Gasteiger partial charge in [-0.25, -0.2) is 0 Å². The van der Waals surface area contributed by atoms with E-state index in [9.17, 15) is 0 Å². The molecule has 0 amide bonds. The van der Waals surface area contributed by atoms with Gasteiger partial charge in [0.15, 0.2) is 0 Å². The standard InChI is InChI=1S/C12H25NO/c1-10(13)12(7-8-14)9-11-5-3-2-4-6-11/h10-12,14H,2-9,13H2,1H3. The molecular formula is C12H25NO. The van der Waals surface area contributed by atoms with Crippen LogP contribution in [0.1, 0.15) is 51.9 Å². The summed E-state index contributed by atoms with van der Waals surface area (Å²) in [7, 11) is 0. The van der Waals surface area contributed by atoms with Gasteiger partial charge < -0.3 is 10.8 Å². The van der Waals surface area contributed by atoms with Crippen LogP contribution in [0, 0.1) is 11.8 Å². The van der Waals surface area contributed by atoms with Gasteiger partial charge in [0.2, 0.25) is 0 Å². The van der Waals surface area contributed by atoms with E-state index >= 15 is 0 Å². The number of rotatable bonds is 5. The highest BCUT2D eigenvalue weighted by Gasteiger charge is 2.20. The summed E-state index contributed by atoms with van der Waals surface area (Å²) in [6.45, 7) is 2.36. The number of hydrogen-bond acceptors (Lipinski definition) is 2. The molecule has 84 valence electrons. The maximum absolute atomic E-state index is 8.96. The van der Waals surface area contributed by atoms with Crippen LogP contribution in [0.2, 0.25) is 0 Å². The van der Waals surface area contributed by atoms with Gasteiger partial charge in [-0.05, 0) is 31.6 Å². The molecule has 2 unspecified atom stereocenters. The van der Waals surface area contributed by atoms with Gasteiger partial charge in [0, 0.05) is 12.6 Å². The minimum absolute atomic E-state index is 0.240. The first-order valence-electron chi connectivity index (χ1n) is 6.10. The van der Waals surface area contributed by atoms with E-state index in [4.69, 9.17) is 10.8 Å². The molecule has 0 aromatic carbocycles. The van der Waals surface area contributed by atoms with Gasteiger partial charge in [-0.15, -0.1) is 0 Å². The normalized spacial score (nSPS) is 23.4. The Hall–Kier alpha value is -0.0800. The number of hydrogen-bond donors (Lipinski definition) is 2. The van der Waals surface area contributed by atoms with Crippen LogP contribution in [0.4, 0.5) is 0 Å². The van der Waals surface area contributed by atoms with Crippen molar-refractivity contribution >= 4 is 0 Å². The van der Waals surface area contributed by atoms with Crippen molar-refractivity contribution in [2.45, 2.75) is 57.9 Å². The summed E-state index contributed by atoms with van der Waals surface area (Å²) >= 11 is 0. The average Bonchev–Trinajstić information content (AvgIpc) is 2.18. The lowest BCUT2D eigenvalue weighted by Gasteiger charge is -2.28. The second kappa shape index (κ2) is 6.41. The van der Waals surface area contributed by atoms with E-state index in [-0.39, 0.29) is 6.04 Å². The van der Waals surface area contributed by atoms with Crippen molar-refractivity contribution in [3.63, 3.8) is 0 Å². The van der Waals surface area contributed by atoms with Crippen LogP contribution in [0.3, 0.4) is 0 Å². The van der Waals surface area contributed by atoms with Crippen molar-refractivity contribution in [3.05, 3.63) is 0 Å². The molecule has 2 atom stereocenters. The second-order valence-electron chi connectivity index (χ2n) is 4.87. The molecule has 0 heterocycles. The lowest BCUT2D eigenvalue weighted by atomic mass is 9.80. The molecule has 1 rings (SSSR count). The molecule has 0 radical (unpaired) electrons. The molecule has 1 fully saturated rings. The van der Waals surface area contributed by atoms with E-state index in [0.29, 0.717) is 12.5 Å². The molecule has 0 aliphatic heterocycles. The summed E-state index contributed by atoms with van der Waals surface area (Å²) in [6.07, 6.45) is 9.10. The molecule has 2 nitrogen and oxygen atoms in total. The third-order valence-electron chi connectivity index (χ3n) is 3.60. The minimum atomic E-state index is 0.240. The van der Waals surface area contributed by atoms with Crippen LogP contribution in [0.5, 0.6) is 0 Å². The topological polar surface area (TPSA) is 46.2 Å². The first-order valence-corrected chi connectivity index (χ1v) is 6.10. The Morgan fingerprint density at radius 1 is 1.29 bits per heavy atom. The fourth-order valence-electron chi connectivity index (χ4n) is 2.61. The first-order chi connectivity index (χ1) is 6.74. The van der Waals surface area contributed by atoms with Gasteiger partial charge >= 0.3 is 0 Å². The van der Waals surface area contributed by atoms with Gasteiger partial charge in [-0.2, -0.15) is 0 Å². The molecule has 1 aliphatic rings. The van der Waals surface area contributed by atoms with E-state index in [1.54, 1.807) is 0 Å². The number of nitrogens with two attached hydrogens (primary N) is 1. The zero-order chi connectivity index (χ0) is 10.4. The van der Waals surface area contributed by atoms with E-state index in [0.717, 1.165) is 12.3 Å². The summed E-state index contributed by atoms with van der Waals surface area (Å²) < 4.78 is 0. The van der Waals surface area contributed by atoms with Gasteiger partial charge in [0.25, 0.3) is 0 Å². The van der Waals surface area contributed by atoms with Crippen molar-refractivity contribution < 1.29 is 5.11 Å². The second-order valence-corrected chi connectivity index (χ2v) is 4.87. The van der Waals surface area contributed by atoms with E-state index in [1.807, 2.05) is 0 Å². The molecule has 0 aromatic rings. The van der Waals surface area contributed by atoms with Crippen molar-refractivity contribution in [2.24, 2.45) is 17.6 Å². The fourth-order valence-corrected chi connectivity index (χ4v) is 2.61. The van der Waals surface area contributed by atoms with Crippen LogP contribution < -0.4 is 5.73 Å². The lowest BCUT2D eigenvalue weighted by Crippen LogP contribution is -2.29. The summed E-state index contributed by atoms with van der Waals surface area (Å²) in [4.78, 5) is 0. The quantitative estimate of drug-likeness (QED) is 0.713. The Bertz CT molecular complexity index is 141. The molecule has 0 saturated heterocycles. The van der Waals surface area contributed by atoms with Crippen molar-refractivity contribution in [1.82, 2.24) is 0 Å². The molecule has 2 heteroatoms. The Morgan fingerprint density at radius 2 is 1.93 bits per heavy atom. The Kier molecular flexibility index (Phi) is 5.49. The van der Waals surface area contributed by atoms with Gasteiger partial charge in [-0.3, -0.25) is 0 Å². The van der Waals surface area contributed by atoms with Crippen LogP contribution in [0.15, 0.2) is 0 Å². The molecule has 1 aliphatic carbocycles. The Morgan fingerprint density at radius 3 is 2.43 bits per heavy atom. The highest BCUT2D eigenvalue weighted by atomic mass is 16.3. The van der Waals surface area contributed by atoms with Crippen molar-refractivity contribution in [2.75, 3.05) is 6.61 Å². The highest BCUT2D eigenvalue weighted by molar-refractivity contribution is 4.75. The zero-order valence-corrected chi connectivity index (χ0v) is 9.41. The lowest BCUT2D eigenvalue weighted by molar-refractivity contribution is 0.206. The fraction of sp³-hybridized carbons (Fsp3) is 1.00. The molecule has 0 bridgehead atoms. The van der Waals surface area contributed by atoms with Crippen LogP contribution in [-0.4, -0.2) is 17.8 Å². The Labute approximate surface area is 87.9 Å². The molecule has 0 spiro atoms. The first kappa shape index (κ1) is 12.0. The number of aliphatic hydroxyl groups excluding tert-OH is 1. The minimum Gasteiger partial charge on any atom is -0.396 e. The Balaban J connectivity index is 2.29. The zero-order valence-electron chi connectivity index (χ0n) is 9.41. The smallest absolute Gasteiger partial charge is 0.0434 e. The monoisotopic (exact) mass is 199 g/mol. The predicted octanol–water partition coefficient (Wildman–Crippen LogP) is 2.30. The summed E-state index contributed by atoms with van der Waals surface area (Å²) in [6, 6.07) is 0.240. The largest absolute Gasteiger partial charge is 0.396 e. The van der Waals surface area contributed by atoms with Crippen molar-refractivity contribution in [3.8, 4) is 0 Å². The third-order valence-corrected chi connectivity index (χ3v) is 3.60. The van der Waals surface area contributed by atoms with Gasteiger partial charge in [0.05, 0.1) is 0 Å². The third kappa shape index (κ3) is 3.97. The molecular weight excluding hydrogens is 174 g/mol. The maximum Gasteiger partial charge on any atom is 0.0434 e. The summed E-state index contributed by atoms with van der Waals surface area (Å²) in [5, 5.41) is 8.96. The van der Waals surface area contributed by atoms with Crippen molar-refractivity contribution in [1.29, 1.82) is 0 Å². The van der Waals surface area contributed by atoms with Crippen LogP contribution in [0.25, 0.3) is 0 Å². The van der Waals surface area contributed by atoms with Crippen LogP contribution in [-0.2, 0) is 0 Å². The van der Waals surface area contributed by atoms with E-state index in [2.05, 4.69) is 6.92 Å². The summed E-state index contributed by atoms with van der Waals surface area (Å²) in [5.74, 6) is 1.41. The van der Waals surface area contributed by atoms with E-state index in [1.165, 1.54) is 38.5 Å². The highest BCUT2D eigenvalue weighted by Crippen LogP contribution is 2.30. The average molecular weight is 199 g/mol. The van der Waals surface area contributed by atoms with E-state index < -0.39 is 0 Å². The predicted molar refractivity (Wildman–Crippen MR) is 60.0 cm³/mol. The molecule has 1 saturated carbocycles. The van der Waals surface area contributed by atoms with Gasteiger partial charge in [0.1, 0.15) is 0 Å². The summed E-state index contributed by atoms with van der Waals surface area (Å²) in [5.41, 5.74) is 5.93. The number of aliphatic hydroxyl groups is 1. The molecule has 0 aromatic heterocycles. The SMILES string of the molecule is CC(N)C(CCO)CC1CCCCC1. The van der Waals surface area contributed by atoms with Crippen LogP contribution >= 0.6 is 0 Å². The molecule has 14 heavy (non-hydrogen) atoms. The molecule has 3 N–H and O–H groups in total.